The van der Waals surface area contributed by atoms with E-state index < -0.39 is 6.04 Å². The molecule has 7 heteroatoms. The van der Waals surface area contributed by atoms with Gasteiger partial charge >= 0.3 is 0 Å². The molecule has 0 amide bonds. The number of carbonyl (C=O) groups is 1. The third-order valence-electron chi connectivity index (χ3n) is 6.37. The summed E-state index contributed by atoms with van der Waals surface area (Å²) in [4.78, 5) is 16.9. The van der Waals surface area contributed by atoms with Gasteiger partial charge in [0.2, 0.25) is 6.79 Å². The highest BCUT2D eigenvalue weighted by Gasteiger charge is 2.33. The van der Waals surface area contributed by atoms with E-state index in [4.69, 9.17) is 32.7 Å². The molecule has 0 fully saturated rings. The fraction of sp³-hybridized carbons (Fsp3) is 0.148. The number of para-hydroxylation sites is 1. The molecule has 3 aromatic carbocycles. The normalized spacial score (nSPS) is 19.0. The predicted octanol–water partition coefficient (Wildman–Crippen LogP) is 6.09. The van der Waals surface area contributed by atoms with Gasteiger partial charge in [0.05, 0.1) is 12.1 Å². The summed E-state index contributed by atoms with van der Waals surface area (Å²) in [6, 6.07) is 18.7. The number of hydrogen-bond acceptors (Lipinski definition) is 4. The van der Waals surface area contributed by atoms with Crippen molar-refractivity contribution in [2.45, 2.75) is 18.5 Å². The molecule has 2 atom stereocenters. The first kappa shape index (κ1) is 21.3. The van der Waals surface area contributed by atoms with E-state index in [1.54, 1.807) is 30.4 Å². The zero-order chi connectivity index (χ0) is 23.2. The highest BCUT2D eigenvalue weighted by atomic mass is 35.5. The average Bonchev–Trinajstić information content (AvgIpc) is 3.46. The first-order chi connectivity index (χ1) is 16.6. The van der Waals surface area contributed by atoms with Gasteiger partial charge in [0.25, 0.3) is 0 Å². The minimum absolute atomic E-state index is 0.0207. The van der Waals surface area contributed by atoms with E-state index in [9.17, 15) is 4.79 Å². The SMILES string of the molecule is O=C(C=Cc1ccc(Cl)cc1Cl)C1Cc2c([nH]c3ccccc23)C(c2ccc3c(c2)OCO3)N1. The molecule has 2 aliphatic rings. The van der Waals surface area contributed by atoms with E-state index in [0.717, 1.165) is 39.0 Å². The van der Waals surface area contributed by atoms with Crippen LogP contribution in [0.25, 0.3) is 17.0 Å². The second kappa shape index (κ2) is 8.51. The Labute approximate surface area is 206 Å². The highest BCUT2D eigenvalue weighted by molar-refractivity contribution is 6.35. The van der Waals surface area contributed by atoms with Crippen molar-refractivity contribution >= 4 is 46.0 Å². The van der Waals surface area contributed by atoms with Crippen LogP contribution in [0.15, 0.2) is 66.7 Å². The fourth-order valence-corrected chi connectivity index (χ4v) is 5.17. The number of aromatic nitrogens is 1. The van der Waals surface area contributed by atoms with E-state index in [1.807, 2.05) is 30.3 Å². The number of ether oxygens (including phenoxy) is 2. The number of fused-ring (bicyclic) bond motifs is 4. The lowest BCUT2D eigenvalue weighted by atomic mass is 9.88. The zero-order valence-corrected chi connectivity index (χ0v) is 19.5. The van der Waals surface area contributed by atoms with Crippen molar-refractivity contribution in [2.75, 3.05) is 6.79 Å². The molecule has 1 aromatic heterocycles. The van der Waals surface area contributed by atoms with Crippen molar-refractivity contribution in [3.8, 4) is 11.5 Å². The second-order valence-corrected chi connectivity index (χ2v) is 9.28. The summed E-state index contributed by atoms with van der Waals surface area (Å²) in [5, 5.41) is 5.75. The minimum atomic E-state index is -0.399. The van der Waals surface area contributed by atoms with Crippen molar-refractivity contribution in [3.63, 3.8) is 0 Å². The summed E-state index contributed by atoms with van der Waals surface area (Å²) in [6.07, 6.45) is 3.91. The van der Waals surface area contributed by atoms with E-state index in [-0.39, 0.29) is 18.6 Å². The van der Waals surface area contributed by atoms with Crippen LogP contribution < -0.4 is 14.8 Å². The molecule has 0 saturated carbocycles. The van der Waals surface area contributed by atoms with E-state index in [2.05, 4.69) is 22.4 Å². The van der Waals surface area contributed by atoms with Crippen LogP contribution >= 0.6 is 23.2 Å². The van der Waals surface area contributed by atoms with Crippen LogP contribution in [0.4, 0.5) is 0 Å². The average molecular weight is 491 g/mol. The van der Waals surface area contributed by atoms with Gasteiger partial charge in [-0.05, 0) is 65.6 Å². The van der Waals surface area contributed by atoms with Crippen molar-refractivity contribution in [1.29, 1.82) is 0 Å². The molecule has 6 rings (SSSR count). The van der Waals surface area contributed by atoms with Gasteiger partial charge in [-0.1, -0.05) is 53.5 Å². The molecule has 0 saturated heterocycles. The molecular weight excluding hydrogens is 471 g/mol. The third kappa shape index (κ3) is 3.76. The number of benzene rings is 3. The molecule has 34 heavy (non-hydrogen) atoms. The van der Waals surface area contributed by atoms with Gasteiger partial charge in [0.15, 0.2) is 17.3 Å². The maximum Gasteiger partial charge on any atom is 0.231 e. The van der Waals surface area contributed by atoms with Crippen LogP contribution in [-0.4, -0.2) is 23.6 Å². The van der Waals surface area contributed by atoms with E-state index >= 15 is 0 Å². The van der Waals surface area contributed by atoms with Crippen LogP contribution in [0.1, 0.15) is 28.4 Å². The molecule has 3 heterocycles. The molecular formula is C27H20Cl2N2O3. The molecule has 2 aliphatic heterocycles. The third-order valence-corrected chi connectivity index (χ3v) is 6.94. The molecule has 0 spiro atoms. The minimum Gasteiger partial charge on any atom is -0.454 e. The van der Waals surface area contributed by atoms with Crippen molar-refractivity contribution < 1.29 is 14.3 Å². The second-order valence-electron chi connectivity index (χ2n) is 8.43. The maximum absolute atomic E-state index is 13.3. The molecule has 170 valence electrons. The standard InChI is InChI=1S/C27H20Cl2N2O3/c28-17-8-5-15(20(29)12-17)6-9-23(32)22-13-19-18-3-1-2-4-21(18)30-27(19)26(31-22)16-7-10-24-25(11-16)34-14-33-24/h1-12,22,26,30-31H,13-14H2. The number of halogens is 2. The van der Waals surface area contributed by atoms with Crippen LogP contribution in [0.5, 0.6) is 11.5 Å². The largest absolute Gasteiger partial charge is 0.454 e. The lowest BCUT2D eigenvalue weighted by Gasteiger charge is -2.30. The monoisotopic (exact) mass is 490 g/mol. The number of H-pyrrole nitrogens is 1. The van der Waals surface area contributed by atoms with Crippen molar-refractivity contribution in [3.05, 3.63) is 99.2 Å². The Balaban J connectivity index is 1.37. The Morgan fingerprint density at radius 2 is 1.85 bits per heavy atom. The number of nitrogens with one attached hydrogen (secondary N) is 2. The molecule has 2 N–H and O–H groups in total. The summed E-state index contributed by atoms with van der Waals surface area (Å²) in [6.45, 7) is 0.216. The first-order valence-electron chi connectivity index (χ1n) is 11.0. The fourth-order valence-electron chi connectivity index (χ4n) is 4.70. The molecule has 2 unspecified atom stereocenters. The van der Waals surface area contributed by atoms with Gasteiger partial charge in [0.1, 0.15) is 0 Å². The van der Waals surface area contributed by atoms with Gasteiger partial charge in [0, 0.05) is 26.6 Å². The van der Waals surface area contributed by atoms with Crippen LogP contribution in [0, 0.1) is 0 Å². The van der Waals surface area contributed by atoms with E-state index in [1.165, 1.54) is 0 Å². The van der Waals surface area contributed by atoms with Gasteiger partial charge in [-0.25, -0.2) is 0 Å². The van der Waals surface area contributed by atoms with E-state index in [0.29, 0.717) is 22.2 Å². The highest BCUT2D eigenvalue weighted by Crippen LogP contribution is 2.39. The Morgan fingerprint density at radius 3 is 2.74 bits per heavy atom. The Bertz CT molecular complexity index is 1460. The summed E-state index contributed by atoms with van der Waals surface area (Å²) in [7, 11) is 0. The predicted molar refractivity (Wildman–Crippen MR) is 134 cm³/mol. The first-order valence-corrected chi connectivity index (χ1v) is 11.7. The number of ketones is 1. The van der Waals surface area contributed by atoms with Gasteiger partial charge in [-0.15, -0.1) is 0 Å². The van der Waals surface area contributed by atoms with Crippen LogP contribution in [0.3, 0.4) is 0 Å². The van der Waals surface area contributed by atoms with Crippen LogP contribution in [-0.2, 0) is 11.2 Å². The van der Waals surface area contributed by atoms with Crippen LogP contribution in [0.2, 0.25) is 10.0 Å². The number of hydrogen-bond donors (Lipinski definition) is 2. The number of aromatic amines is 1. The Morgan fingerprint density at radius 1 is 1.00 bits per heavy atom. The molecule has 4 aromatic rings. The lowest BCUT2D eigenvalue weighted by molar-refractivity contribution is -0.116. The zero-order valence-electron chi connectivity index (χ0n) is 18.0. The summed E-state index contributed by atoms with van der Waals surface area (Å²) in [5.74, 6) is 1.42. The van der Waals surface area contributed by atoms with Crippen molar-refractivity contribution in [2.24, 2.45) is 0 Å². The number of rotatable bonds is 4. The molecule has 5 nitrogen and oxygen atoms in total. The summed E-state index contributed by atoms with van der Waals surface area (Å²) in [5.41, 5.74) is 5.01. The molecule has 0 bridgehead atoms. The quantitative estimate of drug-likeness (QED) is 0.339. The number of carbonyl (C=O) groups excluding carboxylic acids is 1. The summed E-state index contributed by atoms with van der Waals surface area (Å²) >= 11 is 12.3. The summed E-state index contributed by atoms with van der Waals surface area (Å²) < 4.78 is 11.1. The maximum atomic E-state index is 13.3. The molecule has 0 radical (unpaired) electrons. The Kier molecular flexibility index (Phi) is 5.33. The Hall–Kier alpha value is -3.25. The topological polar surface area (TPSA) is 63.4 Å². The molecule has 0 aliphatic carbocycles. The van der Waals surface area contributed by atoms with Gasteiger partial charge < -0.3 is 14.5 Å². The van der Waals surface area contributed by atoms with Gasteiger partial charge in [-0.2, -0.15) is 0 Å². The smallest absolute Gasteiger partial charge is 0.231 e. The lowest BCUT2D eigenvalue weighted by Crippen LogP contribution is -2.44. The van der Waals surface area contributed by atoms with Crippen molar-refractivity contribution in [1.82, 2.24) is 10.3 Å². The van der Waals surface area contributed by atoms with Gasteiger partial charge in [-0.3, -0.25) is 10.1 Å².